The van der Waals surface area contributed by atoms with E-state index in [2.05, 4.69) is 17.2 Å². The standard InChI is InChI=1S/C11H20N2O/c1-3-5-6-7-13-11(14)8-10(4-2)9-12/h10H,4,6-9,12H2,1-2H3,(H,13,14). The highest BCUT2D eigenvalue weighted by Gasteiger charge is 2.09. The van der Waals surface area contributed by atoms with E-state index in [1.165, 1.54) is 0 Å². The van der Waals surface area contributed by atoms with Gasteiger partial charge in [-0.05, 0) is 19.4 Å². The molecule has 1 amide bonds. The summed E-state index contributed by atoms with van der Waals surface area (Å²) in [7, 11) is 0. The molecule has 0 aliphatic heterocycles. The van der Waals surface area contributed by atoms with E-state index in [1.807, 2.05) is 6.92 Å². The SMILES string of the molecule is CC#CCCNC(=O)CC(CC)CN. The highest BCUT2D eigenvalue weighted by Crippen LogP contribution is 2.04. The lowest BCUT2D eigenvalue weighted by molar-refractivity contribution is -0.121. The van der Waals surface area contributed by atoms with E-state index in [0.29, 0.717) is 25.4 Å². The van der Waals surface area contributed by atoms with Gasteiger partial charge in [0.05, 0.1) is 0 Å². The van der Waals surface area contributed by atoms with Gasteiger partial charge in [-0.15, -0.1) is 11.8 Å². The molecule has 0 aliphatic carbocycles. The van der Waals surface area contributed by atoms with Crippen LogP contribution in [-0.2, 0) is 4.79 Å². The fourth-order valence-electron chi connectivity index (χ4n) is 1.12. The van der Waals surface area contributed by atoms with Crippen molar-refractivity contribution in [2.75, 3.05) is 13.1 Å². The predicted molar refractivity (Wildman–Crippen MR) is 58.5 cm³/mol. The lowest BCUT2D eigenvalue weighted by Crippen LogP contribution is -2.28. The molecule has 0 radical (unpaired) electrons. The second kappa shape index (κ2) is 8.58. The van der Waals surface area contributed by atoms with Crippen LogP contribution in [0.1, 0.15) is 33.1 Å². The van der Waals surface area contributed by atoms with Crippen molar-refractivity contribution >= 4 is 5.91 Å². The van der Waals surface area contributed by atoms with E-state index < -0.39 is 0 Å². The highest BCUT2D eigenvalue weighted by molar-refractivity contribution is 5.76. The zero-order valence-electron chi connectivity index (χ0n) is 9.10. The second-order valence-corrected chi connectivity index (χ2v) is 3.24. The first kappa shape index (κ1) is 13.0. The van der Waals surface area contributed by atoms with Gasteiger partial charge < -0.3 is 11.1 Å². The lowest BCUT2D eigenvalue weighted by Gasteiger charge is -2.11. The molecule has 1 unspecified atom stereocenters. The monoisotopic (exact) mass is 196 g/mol. The first-order chi connectivity index (χ1) is 6.74. The summed E-state index contributed by atoms with van der Waals surface area (Å²) in [5.74, 6) is 6.07. The van der Waals surface area contributed by atoms with Crippen molar-refractivity contribution < 1.29 is 4.79 Å². The van der Waals surface area contributed by atoms with Crippen LogP contribution in [0.4, 0.5) is 0 Å². The number of hydrogen-bond donors (Lipinski definition) is 2. The maximum absolute atomic E-state index is 11.3. The second-order valence-electron chi connectivity index (χ2n) is 3.24. The van der Waals surface area contributed by atoms with Crippen LogP contribution in [-0.4, -0.2) is 19.0 Å². The molecule has 0 saturated heterocycles. The quantitative estimate of drug-likeness (QED) is 0.489. The van der Waals surface area contributed by atoms with Gasteiger partial charge in [0, 0.05) is 19.4 Å². The Hall–Kier alpha value is -1.01. The zero-order chi connectivity index (χ0) is 10.8. The smallest absolute Gasteiger partial charge is 0.220 e. The first-order valence-electron chi connectivity index (χ1n) is 5.10. The molecule has 0 heterocycles. The molecular weight excluding hydrogens is 176 g/mol. The Morgan fingerprint density at radius 1 is 1.57 bits per heavy atom. The van der Waals surface area contributed by atoms with E-state index in [0.717, 1.165) is 12.8 Å². The Morgan fingerprint density at radius 3 is 2.79 bits per heavy atom. The largest absolute Gasteiger partial charge is 0.355 e. The molecule has 80 valence electrons. The van der Waals surface area contributed by atoms with E-state index in [-0.39, 0.29) is 5.91 Å². The molecule has 3 N–H and O–H groups in total. The lowest BCUT2D eigenvalue weighted by atomic mass is 10.0. The Kier molecular flexibility index (Phi) is 7.96. The van der Waals surface area contributed by atoms with Gasteiger partial charge >= 0.3 is 0 Å². The zero-order valence-corrected chi connectivity index (χ0v) is 9.10. The van der Waals surface area contributed by atoms with Crippen LogP contribution in [0, 0.1) is 17.8 Å². The molecule has 0 rings (SSSR count). The summed E-state index contributed by atoms with van der Waals surface area (Å²) in [6, 6.07) is 0. The molecule has 14 heavy (non-hydrogen) atoms. The van der Waals surface area contributed by atoms with Crippen molar-refractivity contribution in [2.45, 2.75) is 33.1 Å². The third kappa shape index (κ3) is 6.50. The van der Waals surface area contributed by atoms with Gasteiger partial charge in [-0.1, -0.05) is 13.3 Å². The van der Waals surface area contributed by atoms with Crippen molar-refractivity contribution in [3.63, 3.8) is 0 Å². The van der Waals surface area contributed by atoms with Crippen LogP contribution in [0.3, 0.4) is 0 Å². The third-order valence-corrected chi connectivity index (χ3v) is 2.13. The minimum atomic E-state index is 0.0835. The van der Waals surface area contributed by atoms with Crippen LogP contribution in [0.25, 0.3) is 0 Å². The maximum atomic E-state index is 11.3. The fourth-order valence-corrected chi connectivity index (χ4v) is 1.12. The average Bonchev–Trinajstić information content (AvgIpc) is 2.21. The molecule has 0 aromatic rings. The molecule has 1 atom stereocenters. The normalized spacial score (nSPS) is 11.4. The van der Waals surface area contributed by atoms with E-state index in [9.17, 15) is 4.79 Å². The highest BCUT2D eigenvalue weighted by atomic mass is 16.1. The van der Waals surface area contributed by atoms with Gasteiger partial charge in [-0.2, -0.15) is 0 Å². The van der Waals surface area contributed by atoms with Crippen molar-refractivity contribution in [3.8, 4) is 11.8 Å². The number of nitrogens with one attached hydrogen (secondary N) is 1. The summed E-state index contributed by atoms with van der Waals surface area (Å²) in [6.45, 7) is 5.07. The Labute approximate surface area is 86.4 Å². The van der Waals surface area contributed by atoms with Crippen LogP contribution in [0.15, 0.2) is 0 Å². The summed E-state index contributed by atoms with van der Waals surface area (Å²) in [5, 5.41) is 2.82. The van der Waals surface area contributed by atoms with Crippen molar-refractivity contribution in [3.05, 3.63) is 0 Å². The number of carbonyl (C=O) groups excluding carboxylic acids is 1. The molecule has 0 bridgehead atoms. The van der Waals surface area contributed by atoms with E-state index in [4.69, 9.17) is 5.73 Å². The first-order valence-corrected chi connectivity index (χ1v) is 5.10. The summed E-state index contributed by atoms with van der Waals surface area (Å²) in [5.41, 5.74) is 5.51. The molecular formula is C11H20N2O. The Morgan fingerprint density at radius 2 is 2.29 bits per heavy atom. The topological polar surface area (TPSA) is 55.1 Å². The molecule has 3 heteroatoms. The molecule has 0 aliphatic rings. The minimum Gasteiger partial charge on any atom is -0.355 e. The van der Waals surface area contributed by atoms with Crippen LogP contribution in [0.2, 0.25) is 0 Å². The molecule has 0 fully saturated rings. The maximum Gasteiger partial charge on any atom is 0.220 e. The minimum absolute atomic E-state index is 0.0835. The number of hydrogen-bond acceptors (Lipinski definition) is 2. The third-order valence-electron chi connectivity index (χ3n) is 2.13. The van der Waals surface area contributed by atoms with Gasteiger partial charge in [0.25, 0.3) is 0 Å². The molecule has 0 aromatic carbocycles. The fraction of sp³-hybridized carbons (Fsp3) is 0.727. The molecule has 0 spiro atoms. The van der Waals surface area contributed by atoms with Crippen LogP contribution < -0.4 is 11.1 Å². The van der Waals surface area contributed by atoms with Gasteiger partial charge in [-0.25, -0.2) is 0 Å². The number of rotatable bonds is 6. The molecule has 0 aromatic heterocycles. The van der Waals surface area contributed by atoms with Gasteiger partial charge in [0.1, 0.15) is 0 Å². The number of nitrogens with two attached hydrogens (primary N) is 1. The summed E-state index contributed by atoms with van der Waals surface area (Å²) < 4.78 is 0. The van der Waals surface area contributed by atoms with Gasteiger partial charge in [0.2, 0.25) is 5.91 Å². The number of amides is 1. The summed E-state index contributed by atoms with van der Waals surface area (Å²) >= 11 is 0. The molecule has 3 nitrogen and oxygen atoms in total. The van der Waals surface area contributed by atoms with Gasteiger partial charge in [0.15, 0.2) is 0 Å². The van der Waals surface area contributed by atoms with Crippen LogP contribution in [0.5, 0.6) is 0 Å². The van der Waals surface area contributed by atoms with Gasteiger partial charge in [-0.3, -0.25) is 4.79 Å². The van der Waals surface area contributed by atoms with Crippen LogP contribution >= 0.6 is 0 Å². The molecule has 0 saturated carbocycles. The summed E-state index contributed by atoms with van der Waals surface area (Å²) in [4.78, 5) is 11.3. The average molecular weight is 196 g/mol. The van der Waals surface area contributed by atoms with Crippen molar-refractivity contribution in [1.29, 1.82) is 0 Å². The number of carbonyl (C=O) groups is 1. The van der Waals surface area contributed by atoms with Crippen molar-refractivity contribution in [2.24, 2.45) is 11.7 Å². The summed E-state index contributed by atoms with van der Waals surface area (Å²) in [6.07, 6.45) is 2.22. The van der Waals surface area contributed by atoms with E-state index >= 15 is 0 Å². The van der Waals surface area contributed by atoms with E-state index in [1.54, 1.807) is 6.92 Å². The Balaban J connectivity index is 3.57. The predicted octanol–water partition coefficient (Wildman–Crippen LogP) is 0.891. The Bertz CT molecular complexity index is 211. The van der Waals surface area contributed by atoms with Crippen molar-refractivity contribution in [1.82, 2.24) is 5.32 Å².